The molecule has 0 aliphatic carbocycles. The van der Waals surface area contributed by atoms with Crippen LogP contribution < -0.4 is 5.73 Å². The Hall–Kier alpha value is -0.740. The Labute approximate surface area is 81.8 Å². The number of phenolic OH excluding ortho intramolecular Hbond substituents is 1. The van der Waals surface area contributed by atoms with Gasteiger partial charge in [-0.25, -0.2) is 0 Å². The minimum atomic E-state index is 0.140. The highest BCUT2D eigenvalue weighted by atomic mass is 79.9. The van der Waals surface area contributed by atoms with Crippen LogP contribution in [0.4, 0.5) is 5.69 Å². The van der Waals surface area contributed by atoms with Crippen LogP contribution in [0.25, 0.3) is 10.1 Å². The van der Waals surface area contributed by atoms with Crippen molar-refractivity contribution in [2.24, 2.45) is 0 Å². The standard InChI is InChI=1S/C8H6BrNOS/c9-5-3-12-8-2-6(10)7(11)1-4(5)8/h1-3,11H,10H2. The van der Waals surface area contributed by atoms with Crippen molar-refractivity contribution in [1.29, 1.82) is 0 Å². The van der Waals surface area contributed by atoms with Crippen LogP contribution in [0.15, 0.2) is 22.0 Å². The van der Waals surface area contributed by atoms with Crippen LogP contribution in [0, 0.1) is 0 Å². The lowest BCUT2D eigenvalue weighted by atomic mass is 10.2. The van der Waals surface area contributed by atoms with Crippen molar-refractivity contribution in [1.82, 2.24) is 0 Å². The third-order valence-corrected chi connectivity index (χ3v) is 3.58. The zero-order valence-electron chi connectivity index (χ0n) is 6.04. The lowest BCUT2D eigenvalue weighted by Crippen LogP contribution is -1.83. The van der Waals surface area contributed by atoms with Gasteiger partial charge in [0.25, 0.3) is 0 Å². The highest BCUT2D eigenvalue weighted by Gasteiger charge is 2.04. The monoisotopic (exact) mass is 243 g/mol. The minimum Gasteiger partial charge on any atom is -0.506 e. The van der Waals surface area contributed by atoms with Crippen LogP contribution in [0.5, 0.6) is 5.75 Å². The number of thiophene rings is 1. The van der Waals surface area contributed by atoms with Crippen molar-refractivity contribution in [3.8, 4) is 5.75 Å². The van der Waals surface area contributed by atoms with Gasteiger partial charge in [0.1, 0.15) is 5.75 Å². The Bertz CT molecular complexity index is 438. The first-order chi connectivity index (χ1) is 5.68. The van der Waals surface area contributed by atoms with Crippen LogP contribution in [0.1, 0.15) is 0 Å². The van der Waals surface area contributed by atoms with Gasteiger partial charge in [-0.05, 0) is 28.1 Å². The summed E-state index contributed by atoms with van der Waals surface area (Å²) < 4.78 is 2.08. The van der Waals surface area contributed by atoms with Gasteiger partial charge in [-0.3, -0.25) is 0 Å². The van der Waals surface area contributed by atoms with E-state index in [0.717, 1.165) is 14.6 Å². The van der Waals surface area contributed by atoms with Crippen LogP contribution >= 0.6 is 27.3 Å². The molecule has 0 aliphatic heterocycles. The average molecular weight is 244 g/mol. The third kappa shape index (κ3) is 1.07. The number of anilines is 1. The van der Waals surface area contributed by atoms with E-state index < -0.39 is 0 Å². The van der Waals surface area contributed by atoms with E-state index in [4.69, 9.17) is 5.73 Å². The molecular formula is C8H6BrNOS. The number of benzene rings is 1. The van der Waals surface area contributed by atoms with E-state index in [0.29, 0.717) is 5.69 Å². The van der Waals surface area contributed by atoms with E-state index in [1.54, 1.807) is 23.5 Å². The zero-order valence-corrected chi connectivity index (χ0v) is 8.45. The summed E-state index contributed by atoms with van der Waals surface area (Å²) in [5, 5.41) is 12.3. The van der Waals surface area contributed by atoms with Crippen molar-refractivity contribution >= 4 is 43.0 Å². The van der Waals surface area contributed by atoms with E-state index in [9.17, 15) is 5.11 Å². The van der Waals surface area contributed by atoms with Gasteiger partial charge in [-0.15, -0.1) is 11.3 Å². The normalized spacial score (nSPS) is 10.8. The molecule has 0 radical (unpaired) electrons. The molecule has 0 aliphatic rings. The number of hydrogen-bond donors (Lipinski definition) is 2. The fraction of sp³-hybridized carbons (Fsp3) is 0. The van der Waals surface area contributed by atoms with Gasteiger partial charge >= 0.3 is 0 Å². The molecule has 1 aromatic heterocycles. The average Bonchev–Trinajstić information content (AvgIpc) is 2.35. The predicted molar refractivity (Wildman–Crippen MR) is 55.6 cm³/mol. The Morgan fingerprint density at radius 1 is 1.42 bits per heavy atom. The second kappa shape index (κ2) is 2.64. The molecule has 0 amide bonds. The molecule has 0 saturated heterocycles. The number of rotatable bonds is 0. The van der Waals surface area contributed by atoms with Crippen molar-refractivity contribution in [3.63, 3.8) is 0 Å². The highest BCUT2D eigenvalue weighted by Crippen LogP contribution is 2.35. The molecule has 62 valence electrons. The van der Waals surface area contributed by atoms with Gasteiger partial charge in [-0.2, -0.15) is 0 Å². The summed E-state index contributed by atoms with van der Waals surface area (Å²) in [5.41, 5.74) is 5.96. The van der Waals surface area contributed by atoms with Gasteiger partial charge in [-0.1, -0.05) is 0 Å². The number of hydrogen-bond acceptors (Lipinski definition) is 3. The largest absolute Gasteiger partial charge is 0.506 e. The summed E-state index contributed by atoms with van der Waals surface area (Å²) in [6.45, 7) is 0. The minimum absolute atomic E-state index is 0.140. The lowest BCUT2D eigenvalue weighted by Gasteiger charge is -1.97. The quantitative estimate of drug-likeness (QED) is 0.552. The molecule has 3 N–H and O–H groups in total. The molecule has 2 nitrogen and oxygen atoms in total. The maximum Gasteiger partial charge on any atom is 0.139 e. The van der Waals surface area contributed by atoms with Crippen molar-refractivity contribution in [3.05, 3.63) is 22.0 Å². The molecule has 1 heterocycles. The molecule has 0 unspecified atom stereocenters. The van der Waals surface area contributed by atoms with Crippen LogP contribution in [-0.4, -0.2) is 5.11 Å². The Morgan fingerprint density at radius 2 is 2.17 bits per heavy atom. The smallest absolute Gasteiger partial charge is 0.139 e. The Kier molecular flexibility index (Phi) is 1.73. The summed E-state index contributed by atoms with van der Waals surface area (Å²) in [6.07, 6.45) is 0. The maximum atomic E-state index is 9.32. The fourth-order valence-electron chi connectivity index (χ4n) is 1.05. The second-order valence-electron chi connectivity index (χ2n) is 2.49. The number of fused-ring (bicyclic) bond motifs is 1. The Morgan fingerprint density at radius 3 is 2.92 bits per heavy atom. The van der Waals surface area contributed by atoms with Crippen LogP contribution in [-0.2, 0) is 0 Å². The molecule has 2 rings (SSSR count). The highest BCUT2D eigenvalue weighted by molar-refractivity contribution is 9.10. The first-order valence-electron chi connectivity index (χ1n) is 3.33. The van der Waals surface area contributed by atoms with Gasteiger partial charge < -0.3 is 10.8 Å². The molecule has 0 saturated carbocycles. The second-order valence-corrected chi connectivity index (χ2v) is 4.26. The summed E-state index contributed by atoms with van der Waals surface area (Å²) >= 11 is 4.98. The SMILES string of the molecule is Nc1cc2scc(Br)c2cc1O. The van der Waals surface area contributed by atoms with E-state index in [-0.39, 0.29) is 5.75 Å². The van der Waals surface area contributed by atoms with Crippen molar-refractivity contribution < 1.29 is 5.11 Å². The van der Waals surface area contributed by atoms with E-state index in [1.165, 1.54) is 0 Å². The van der Waals surface area contributed by atoms with Crippen LogP contribution in [0.2, 0.25) is 0 Å². The number of phenols is 1. The van der Waals surface area contributed by atoms with Crippen molar-refractivity contribution in [2.75, 3.05) is 5.73 Å². The fourth-order valence-corrected chi connectivity index (χ4v) is 2.63. The summed E-state index contributed by atoms with van der Waals surface area (Å²) in [6, 6.07) is 3.45. The third-order valence-electron chi connectivity index (χ3n) is 1.68. The number of nitrogen functional groups attached to an aromatic ring is 1. The van der Waals surface area contributed by atoms with Gasteiger partial charge in [0.15, 0.2) is 0 Å². The van der Waals surface area contributed by atoms with Crippen molar-refractivity contribution in [2.45, 2.75) is 0 Å². The molecule has 2 aromatic rings. The molecule has 0 atom stereocenters. The molecule has 1 aromatic carbocycles. The molecule has 12 heavy (non-hydrogen) atoms. The summed E-state index contributed by atoms with van der Waals surface area (Å²) in [4.78, 5) is 0. The molecule has 4 heteroatoms. The number of nitrogens with two attached hydrogens (primary N) is 1. The number of aromatic hydroxyl groups is 1. The molecule has 0 fully saturated rings. The van der Waals surface area contributed by atoms with Crippen LogP contribution in [0.3, 0.4) is 0 Å². The van der Waals surface area contributed by atoms with Gasteiger partial charge in [0, 0.05) is 19.9 Å². The summed E-state index contributed by atoms with van der Waals surface area (Å²) in [5.74, 6) is 0.140. The van der Waals surface area contributed by atoms with E-state index in [2.05, 4.69) is 15.9 Å². The predicted octanol–water partition coefficient (Wildman–Crippen LogP) is 2.95. The van der Waals surface area contributed by atoms with E-state index >= 15 is 0 Å². The zero-order chi connectivity index (χ0) is 8.72. The molecular weight excluding hydrogens is 238 g/mol. The maximum absolute atomic E-state index is 9.32. The lowest BCUT2D eigenvalue weighted by molar-refractivity contribution is 0.479. The molecule has 0 spiro atoms. The number of halogens is 1. The topological polar surface area (TPSA) is 46.2 Å². The Balaban J connectivity index is 2.87. The summed E-state index contributed by atoms with van der Waals surface area (Å²) in [7, 11) is 0. The first-order valence-corrected chi connectivity index (χ1v) is 5.01. The van der Waals surface area contributed by atoms with E-state index in [1.807, 2.05) is 5.38 Å². The van der Waals surface area contributed by atoms with Gasteiger partial charge in [0.2, 0.25) is 0 Å². The first kappa shape index (κ1) is 7.89. The van der Waals surface area contributed by atoms with Gasteiger partial charge in [0.05, 0.1) is 5.69 Å². The molecule has 0 bridgehead atoms.